The van der Waals surface area contributed by atoms with Crippen molar-refractivity contribution < 1.29 is 23.8 Å². The number of nitrogens with one attached hydrogen (secondary N) is 1. The number of thiophene rings is 1. The fourth-order valence-electron chi connectivity index (χ4n) is 4.54. The Labute approximate surface area is 204 Å². The number of carbonyl (C=O) groups is 2. The molecular weight excluding hydrogens is 452 g/mol. The van der Waals surface area contributed by atoms with Crippen LogP contribution in [0.1, 0.15) is 52.1 Å². The molecule has 1 aliphatic carbocycles. The number of carbonyl (C=O) groups excluding carboxylic acids is 2. The standard InChI is InChI=1S/C26H30N2O5S/c1-31-20-4-2-3-17(13-20)5-6-19(29)14-24-23(16-27)22-8-7-21(15-25(22)34-24)33-26(30)28-18-9-11-32-12-10-18/h2-4,13,18,21H,5-12,14-15H2,1H3,(H,28,30). The molecular formula is C26H30N2O5S. The Morgan fingerprint density at radius 1 is 1.26 bits per heavy atom. The maximum Gasteiger partial charge on any atom is 0.407 e. The molecule has 8 heteroatoms. The van der Waals surface area contributed by atoms with E-state index in [9.17, 15) is 14.9 Å². The molecule has 1 aliphatic heterocycles. The molecule has 1 atom stereocenters. The summed E-state index contributed by atoms with van der Waals surface area (Å²) in [4.78, 5) is 26.9. The van der Waals surface area contributed by atoms with E-state index >= 15 is 0 Å². The number of Topliss-reactive ketones (excluding diaryl/α,β-unsaturated/α-hetero) is 1. The van der Waals surface area contributed by atoms with Crippen LogP contribution in [0.3, 0.4) is 0 Å². The highest BCUT2D eigenvalue weighted by Crippen LogP contribution is 2.35. The van der Waals surface area contributed by atoms with Gasteiger partial charge >= 0.3 is 6.09 Å². The van der Waals surface area contributed by atoms with Gasteiger partial charge in [-0.2, -0.15) is 5.26 Å². The molecule has 2 aromatic rings. The number of ketones is 1. The second kappa shape index (κ2) is 11.5. The number of alkyl carbamates (subject to hydrolysis) is 1. The first-order chi connectivity index (χ1) is 16.6. The van der Waals surface area contributed by atoms with E-state index in [-0.39, 0.29) is 30.4 Å². The summed E-state index contributed by atoms with van der Waals surface area (Å²) in [6, 6.07) is 10.1. The molecule has 4 rings (SSSR count). The number of rotatable bonds is 8. The molecule has 1 aromatic heterocycles. The van der Waals surface area contributed by atoms with Crippen molar-refractivity contribution in [3.63, 3.8) is 0 Å². The summed E-state index contributed by atoms with van der Waals surface area (Å²) >= 11 is 1.52. The number of fused-ring (bicyclic) bond motifs is 1. The molecule has 1 fully saturated rings. The molecule has 34 heavy (non-hydrogen) atoms. The SMILES string of the molecule is COc1cccc(CCC(=O)Cc2sc3c(c2C#N)CCC(OC(=O)NC2CCOCC2)C3)c1. The zero-order valence-electron chi connectivity index (χ0n) is 19.4. The number of methoxy groups -OCH3 is 1. The van der Waals surface area contributed by atoms with E-state index in [1.807, 2.05) is 24.3 Å². The van der Waals surface area contributed by atoms with Crippen molar-refractivity contribution in [2.24, 2.45) is 0 Å². The van der Waals surface area contributed by atoms with Crippen LogP contribution in [0.2, 0.25) is 0 Å². The molecule has 7 nitrogen and oxygen atoms in total. The number of hydrogen-bond acceptors (Lipinski definition) is 7. The summed E-state index contributed by atoms with van der Waals surface area (Å²) in [7, 11) is 1.63. The molecule has 1 aromatic carbocycles. The Balaban J connectivity index is 1.33. The van der Waals surface area contributed by atoms with Crippen LogP contribution in [0.15, 0.2) is 24.3 Å². The van der Waals surface area contributed by atoms with Crippen LogP contribution in [0.25, 0.3) is 0 Å². The number of nitriles is 1. The average Bonchev–Trinajstić information content (AvgIpc) is 3.19. The molecule has 0 bridgehead atoms. The summed E-state index contributed by atoms with van der Waals surface area (Å²) in [6.07, 6.45) is 4.28. The minimum atomic E-state index is -0.384. The monoisotopic (exact) mass is 482 g/mol. The Hall–Kier alpha value is -2.89. The first-order valence-corrected chi connectivity index (χ1v) is 12.6. The Bertz CT molecular complexity index is 1070. The van der Waals surface area contributed by atoms with Crippen LogP contribution in [0.4, 0.5) is 4.79 Å². The summed E-state index contributed by atoms with van der Waals surface area (Å²) in [6.45, 7) is 1.32. The molecule has 1 amide bonds. The van der Waals surface area contributed by atoms with Crippen LogP contribution in [-0.2, 0) is 40.0 Å². The third-order valence-corrected chi connectivity index (χ3v) is 7.66. The lowest BCUT2D eigenvalue weighted by molar-refractivity contribution is -0.118. The Kier molecular flexibility index (Phi) is 8.20. The average molecular weight is 483 g/mol. The van der Waals surface area contributed by atoms with Crippen LogP contribution in [-0.4, -0.2) is 44.3 Å². The zero-order valence-corrected chi connectivity index (χ0v) is 20.2. The van der Waals surface area contributed by atoms with E-state index in [1.165, 1.54) is 11.3 Å². The lowest BCUT2D eigenvalue weighted by Gasteiger charge is -2.26. The number of aryl methyl sites for hydroxylation is 1. The second-order valence-electron chi connectivity index (χ2n) is 8.78. The van der Waals surface area contributed by atoms with Crippen molar-refractivity contribution in [3.05, 3.63) is 50.7 Å². The highest BCUT2D eigenvalue weighted by molar-refractivity contribution is 7.12. The fourth-order valence-corrected chi connectivity index (χ4v) is 5.94. The molecule has 1 N–H and O–H groups in total. The van der Waals surface area contributed by atoms with Gasteiger partial charge in [-0.3, -0.25) is 4.79 Å². The van der Waals surface area contributed by atoms with Crippen LogP contribution < -0.4 is 10.1 Å². The van der Waals surface area contributed by atoms with Crippen LogP contribution in [0, 0.1) is 11.3 Å². The van der Waals surface area contributed by atoms with Gasteiger partial charge in [0.25, 0.3) is 0 Å². The molecule has 2 aliphatic rings. The maximum atomic E-state index is 12.7. The van der Waals surface area contributed by atoms with Crippen molar-refractivity contribution in [2.45, 2.75) is 63.5 Å². The lowest BCUT2D eigenvalue weighted by Crippen LogP contribution is -2.41. The van der Waals surface area contributed by atoms with E-state index in [1.54, 1.807) is 7.11 Å². The number of benzene rings is 1. The minimum Gasteiger partial charge on any atom is -0.497 e. The van der Waals surface area contributed by atoms with E-state index in [2.05, 4.69) is 11.4 Å². The topological polar surface area (TPSA) is 97.7 Å². The van der Waals surface area contributed by atoms with Gasteiger partial charge in [-0.25, -0.2) is 4.79 Å². The largest absolute Gasteiger partial charge is 0.497 e. The van der Waals surface area contributed by atoms with Crippen molar-refractivity contribution in [1.29, 1.82) is 5.26 Å². The highest BCUT2D eigenvalue weighted by atomic mass is 32.1. The predicted molar refractivity (Wildman–Crippen MR) is 128 cm³/mol. The van der Waals surface area contributed by atoms with Crippen LogP contribution >= 0.6 is 11.3 Å². The van der Waals surface area contributed by atoms with Gasteiger partial charge < -0.3 is 19.5 Å². The summed E-state index contributed by atoms with van der Waals surface area (Å²) in [5, 5.41) is 12.7. The molecule has 0 spiro atoms. The van der Waals surface area contributed by atoms with E-state index < -0.39 is 0 Å². The van der Waals surface area contributed by atoms with E-state index in [0.717, 1.165) is 39.5 Å². The molecule has 1 saturated heterocycles. The zero-order chi connectivity index (χ0) is 23.9. The number of nitrogens with zero attached hydrogens (tertiary/aromatic N) is 1. The lowest BCUT2D eigenvalue weighted by atomic mass is 9.92. The van der Waals surface area contributed by atoms with E-state index in [4.69, 9.17) is 14.2 Å². The van der Waals surface area contributed by atoms with Gasteiger partial charge in [0.1, 0.15) is 23.7 Å². The van der Waals surface area contributed by atoms with Gasteiger partial charge in [-0.15, -0.1) is 11.3 Å². The summed E-state index contributed by atoms with van der Waals surface area (Å²) in [5.41, 5.74) is 2.71. The highest BCUT2D eigenvalue weighted by Gasteiger charge is 2.29. The van der Waals surface area contributed by atoms with Gasteiger partial charge in [0.05, 0.1) is 12.7 Å². The second-order valence-corrected chi connectivity index (χ2v) is 9.97. The van der Waals surface area contributed by atoms with Gasteiger partial charge in [0.15, 0.2) is 0 Å². The van der Waals surface area contributed by atoms with Gasteiger partial charge in [-0.05, 0) is 55.4 Å². The predicted octanol–water partition coefficient (Wildman–Crippen LogP) is 4.14. The Morgan fingerprint density at radius 3 is 2.85 bits per heavy atom. The third-order valence-electron chi connectivity index (χ3n) is 6.41. The van der Waals surface area contributed by atoms with Crippen molar-refractivity contribution >= 4 is 23.2 Å². The molecule has 180 valence electrons. The van der Waals surface area contributed by atoms with Gasteiger partial charge in [0, 0.05) is 48.3 Å². The molecule has 0 radical (unpaired) electrons. The maximum absolute atomic E-state index is 12.7. The number of hydrogen-bond donors (Lipinski definition) is 1. The van der Waals surface area contributed by atoms with Crippen molar-refractivity contribution in [1.82, 2.24) is 5.32 Å². The first kappa shape index (κ1) is 24.2. The minimum absolute atomic E-state index is 0.0990. The molecule has 1 unspecified atom stereocenters. The smallest absolute Gasteiger partial charge is 0.407 e. The quantitative estimate of drug-likeness (QED) is 0.607. The first-order valence-electron chi connectivity index (χ1n) is 11.8. The van der Waals surface area contributed by atoms with Crippen molar-refractivity contribution in [3.8, 4) is 11.8 Å². The molecule has 0 saturated carbocycles. The van der Waals surface area contributed by atoms with Crippen molar-refractivity contribution in [2.75, 3.05) is 20.3 Å². The van der Waals surface area contributed by atoms with Gasteiger partial charge in [-0.1, -0.05) is 12.1 Å². The van der Waals surface area contributed by atoms with E-state index in [0.29, 0.717) is 50.9 Å². The number of ether oxygens (including phenoxy) is 3. The Morgan fingerprint density at radius 2 is 2.09 bits per heavy atom. The number of amides is 1. The molecule has 2 heterocycles. The summed E-state index contributed by atoms with van der Waals surface area (Å²) < 4.78 is 16.2. The summed E-state index contributed by atoms with van der Waals surface area (Å²) in [5.74, 6) is 0.891. The third kappa shape index (κ3) is 6.16. The normalized spacial score (nSPS) is 17.9. The fraction of sp³-hybridized carbons (Fsp3) is 0.500. The van der Waals surface area contributed by atoms with Gasteiger partial charge in [0.2, 0.25) is 0 Å². The van der Waals surface area contributed by atoms with Crippen LogP contribution in [0.5, 0.6) is 5.75 Å².